The molecule has 18 heavy (non-hydrogen) atoms. The van der Waals surface area contributed by atoms with Crippen molar-refractivity contribution in [1.82, 2.24) is 5.32 Å². The van der Waals surface area contributed by atoms with Crippen molar-refractivity contribution in [2.45, 2.75) is 73.0 Å². The van der Waals surface area contributed by atoms with Crippen molar-refractivity contribution >= 4 is 7.12 Å². The van der Waals surface area contributed by atoms with Crippen LogP contribution in [-0.4, -0.2) is 24.9 Å². The maximum absolute atomic E-state index is 5.93. The summed E-state index contributed by atoms with van der Waals surface area (Å²) in [6.07, 6.45) is 3.11. The van der Waals surface area contributed by atoms with Gasteiger partial charge in [-0.05, 0) is 52.7 Å². The molecule has 106 valence electrons. The second-order valence-corrected chi connectivity index (χ2v) is 5.43. The van der Waals surface area contributed by atoms with Crippen molar-refractivity contribution in [2.24, 2.45) is 0 Å². The van der Waals surface area contributed by atoms with Crippen LogP contribution in [0.1, 0.15) is 61.8 Å². The number of rotatable bonds is 4. The van der Waals surface area contributed by atoms with Gasteiger partial charge in [-0.15, -0.1) is 0 Å². The van der Waals surface area contributed by atoms with E-state index in [1.807, 2.05) is 27.0 Å². The molecule has 0 saturated carbocycles. The molecule has 1 N–H and O–H groups in total. The first-order chi connectivity index (χ1) is 8.30. The van der Waals surface area contributed by atoms with Gasteiger partial charge in [-0.1, -0.05) is 20.8 Å². The average Bonchev–Trinajstić information content (AvgIpc) is 2.51. The lowest BCUT2D eigenvalue weighted by atomic mass is 9.80. The van der Waals surface area contributed by atoms with Gasteiger partial charge in [0, 0.05) is 6.54 Å². The summed E-state index contributed by atoms with van der Waals surface area (Å²) < 4.78 is 11.9. The van der Waals surface area contributed by atoms with Gasteiger partial charge in [-0.2, -0.15) is 0 Å². The monoisotopic (exact) mass is 255 g/mol. The van der Waals surface area contributed by atoms with E-state index >= 15 is 0 Å². The van der Waals surface area contributed by atoms with Gasteiger partial charge in [0.25, 0.3) is 0 Å². The molecule has 0 unspecified atom stereocenters. The summed E-state index contributed by atoms with van der Waals surface area (Å²) in [7, 11) is -0.227. The number of nitrogens with one attached hydrogen (secondary N) is 1. The second kappa shape index (κ2) is 7.20. The molecule has 1 saturated heterocycles. The minimum atomic E-state index is -0.252. The highest BCUT2D eigenvalue weighted by Gasteiger charge is 2.51. The standard InChI is InChI=1S/C12H24BNO2.C2H6/c1-7-8-14-9-10(2)13-15-11(3,4)12(5,6)16-13;1-2/h9,14H,7-8H2,1-6H3;1-2H3/b10-9+;. The van der Waals surface area contributed by atoms with Crippen LogP contribution >= 0.6 is 0 Å². The number of allylic oxidation sites excluding steroid dienone is 1. The molecule has 1 aliphatic rings. The second-order valence-electron chi connectivity index (χ2n) is 5.43. The molecule has 0 bridgehead atoms. The van der Waals surface area contributed by atoms with E-state index in [1.165, 1.54) is 0 Å². The Kier molecular flexibility index (Phi) is 7.01. The zero-order valence-electron chi connectivity index (χ0n) is 13.4. The molecule has 1 rings (SSSR count). The van der Waals surface area contributed by atoms with Crippen molar-refractivity contribution < 1.29 is 9.31 Å². The van der Waals surface area contributed by atoms with Gasteiger partial charge in [0.15, 0.2) is 0 Å². The predicted molar refractivity (Wildman–Crippen MR) is 79.5 cm³/mol. The summed E-state index contributed by atoms with van der Waals surface area (Å²) in [6.45, 7) is 17.4. The molecule has 0 radical (unpaired) electrons. The van der Waals surface area contributed by atoms with Crippen molar-refractivity contribution in [2.75, 3.05) is 6.54 Å². The fourth-order valence-electron chi connectivity index (χ4n) is 1.47. The quantitative estimate of drug-likeness (QED) is 0.615. The third-order valence-electron chi connectivity index (χ3n) is 3.35. The maximum atomic E-state index is 5.93. The average molecular weight is 255 g/mol. The van der Waals surface area contributed by atoms with Crippen molar-refractivity contribution in [1.29, 1.82) is 0 Å². The topological polar surface area (TPSA) is 30.5 Å². The number of hydrogen-bond donors (Lipinski definition) is 1. The molecule has 0 spiro atoms. The molecule has 1 aliphatic heterocycles. The molecule has 4 heteroatoms. The molecule has 0 amide bonds. The minimum Gasteiger partial charge on any atom is -0.400 e. The largest absolute Gasteiger partial charge is 0.491 e. The smallest absolute Gasteiger partial charge is 0.400 e. The van der Waals surface area contributed by atoms with E-state index in [4.69, 9.17) is 9.31 Å². The highest BCUT2D eigenvalue weighted by Crippen LogP contribution is 2.38. The summed E-state index contributed by atoms with van der Waals surface area (Å²) >= 11 is 0. The highest BCUT2D eigenvalue weighted by atomic mass is 16.7. The van der Waals surface area contributed by atoms with Gasteiger partial charge >= 0.3 is 7.12 Å². The van der Waals surface area contributed by atoms with Crippen molar-refractivity contribution in [3.05, 3.63) is 11.7 Å². The summed E-state index contributed by atoms with van der Waals surface area (Å²) in [5.74, 6) is 0. The normalized spacial score (nSPS) is 21.3. The summed E-state index contributed by atoms with van der Waals surface area (Å²) in [4.78, 5) is 0. The van der Waals surface area contributed by atoms with Gasteiger partial charge < -0.3 is 14.6 Å². The minimum absolute atomic E-state index is 0.227. The van der Waals surface area contributed by atoms with Gasteiger partial charge in [0.1, 0.15) is 0 Å². The van der Waals surface area contributed by atoms with E-state index < -0.39 is 0 Å². The van der Waals surface area contributed by atoms with E-state index in [0.717, 1.165) is 18.4 Å². The SMILES string of the molecule is CC.CCCN/C=C(\C)B1OC(C)(C)C(C)(C)O1. The number of hydrogen-bond acceptors (Lipinski definition) is 3. The van der Waals surface area contributed by atoms with Crippen molar-refractivity contribution in [3.8, 4) is 0 Å². The van der Waals surface area contributed by atoms with Gasteiger partial charge in [-0.25, -0.2) is 0 Å². The van der Waals surface area contributed by atoms with Crippen LogP contribution in [-0.2, 0) is 9.31 Å². The highest BCUT2D eigenvalue weighted by molar-refractivity contribution is 6.54. The lowest BCUT2D eigenvalue weighted by Crippen LogP contribution is -2.41. The molecule has 3 nitrogen and oxygen atoms in total. The molecule has 0 atom stereocenters. The third kappa shape index (κ3) is 4.32. The van der Waals surface area contributed by atoms with Crippen LogP contribution in [0.4, 0.5) is 0 Å². The van der Waals surface area contributed by atoms with E-state index in [2.05, 4.69) is 39.9 Å². The maximum Gasteiger partial charge on any atom is 0.491 e. The van der Waals surface area contributed by atoms with Crippen LogP contribution in [0.3, 0.4) is 0 Å². The first-order valence-corrected chi connectivity index (χ1v) is 7.06. The Hall–Kier alpha value is -0.475. The van der Waals surface area contributed by atoms with E-state index in [1.54, 1.807) is 0 Å². The fourth-order valence-corrected chi connectivity index (χ4v) is 1.47. The molecule has 1 fully saturated rings. The van der Waals surface area contributed by atoms with E-state index in [0.29, 0.717) is 0 Å². The van der Waals surface area contributed by atoms with Gasteiger partial charge in [0.05, 0.1) is 11.2 Å². The zero-order chi connectivity index (χ0) is 14.4. The first-order valence-electron chi connectivity index (χ1n) is 7.06. The van der Waals surface area contributed by atoms with Crippen LogP contribution < -0.4 is 5.32 Å². The fraction of sp³-hybridized carbons (Fsp3) is 0.857. The van der Waals surface area contributed by atoms with Crippen LogP contribution in [0.2, 0.25) is 0 Å². The molecular weight excluding hydrogens is 225 g/mol. The lowest BCUT2D eigenvalue weighted by molar-refractivity contribution is 0.00578. The molecular formula is C14H30BNO2. The van der Waals surface area contributed by atoms with Crippen LogP contribution in [0.5, 0.6) is 0 Å². The molecule has 0 aromatic carbocycles. The predicted octanol–water partition coefficient (Wildman–Crippen LogP) is 3.55. The Morgan fingerprint density at radius 1 is 1.11 bits per heavy atom. The van der Waals surface area contributed by atoms with Crippen LogP contribution in [0.15, 0.2) is 11.7 Å². The Morgan fingerprint density at radius 3 is 1.94 bits per heavy atom. The first kappa shape index (κ1) is 17.5. The molecule has 1 heterocycles. The van der Waals surface area contributed by atoms with Gasteiger partial charge in [0.2, 0.25) is 0 Å². The zero-order valence-corrected chi connectivity index (χ0v) is 13.4. The van der Waals surface area contributed by atoms with Crippen LogP contribution in [0.25, 0.3) is 0 Å². The Balaban J connectivity index is 0.00000137. The van der Waals surface area contributed by atoms with Crippen LogP contribution in [0, 0.1) is 0 Å². The van der Waals surface area contributed by atoms with Gasteiger partial charge in [-0.3, -0.25) is 0 Å². The molecule has 0 aromatic heterocycles. The van der Waals surface area contributed by atoms with Crippen molar-refractivity contribution in [3.63, 3.8) is 0 Å². The van der Waals surface area contributed by atoms with E-state index in [9.17, 15) is 0 Å². The van der Waals surface area contributed by atoms with E-state index in [-0.39, 0.29) is 18.3 Å². The lowest BCUT2D eigenvalue weighted by Gasteiger charge is -2.32. The summed E-state index contributed by atoms with van der Waals surface area (Å²) in [6, 6.07) is 0. The molecule has 0 aromatic rings. The Bertz CT molecular complexity index is 259. The Labute approximate surface area is 113 Å². The molecule has 0 aliphatic carbocycles. The third-order valence-corrected chi connectivity index (χ3v) is 3.35. The Morgan fingerprint density at radius 2 is 1.56 bits per heavy atom. The summed E-state index contributed by atoms with van der Waals surface area (Å²) in [5, 5.41) is 3.24. The summed E-state index contributed by atoms with van der Waals surface area (Å²) in [5.41, 5.74) is 0.585.